The van der Waals surface area contributed by atoms with Crippen LogP contribution >= 0.6 is 0 Å². The zero-order valence-electron chi connectivity index (χ0n) is 19.5. The van der Waals surface area contributed by atoms with Crippen molar-refractivity contribution < 1.29 is 18.0 Å². The molecule has 0 saturated heterocycles. The molecule has 0 aliphatic carbocycles. The van der Waals surface area contributed by atoms with Gasteiger partial charge >= 0.3 is 0 Å². The van der Waals surface area contributed by atoms with Crippen LogP contribution in [0.2, 0.25) is 0 Å². The number of nitrogens with one attached hydrogen (secondary N) is 1. The Morgan fingerprint density at radius 1 is 1.00 bits per heavy atom. The summed E-state index contributed by atoms with van der Waals surface area (Å²) in [6.07, 6.45) is 1.49. The molecular weight excluding hydrogens is 426 g/mol. The number of nitrogens with zero attached hydrogens (tertiary/aromatic N) is 2. The number of carbonyl (C=O) groups excluding carboxylic acids is 2. The van der Waals surface area contributed by atoms with Crippen molar-refractivity contribution in [3.05, 3.63) is 65.2 Å². The van der Waals surface area contributed by atoms with Gasteiger partial charge in [0.2, 0.25) is 21.8 Å². The minimum Gasteiger partial charge on any atom is -0.355 e. The van der Waals surface area contributed by atoms with Crippen LogP contribution in [-0.4, -0.2) is 50.5 Å². The molecule has 2 amide bonds. The second-order valence-electron chi connectivity index (χ2n) is 7.94. The number of amides is 2. The third kappa shape index (κ3) is 6.82. The third-order valence-corrected chi connectivity index (χ3v) is 6.28. The van der Waals surface area contributed by atoms with Crippen molar-refractivity contribution in [3.63, 3.8) is 0 Å². The van der Waals surface area contributed by atoms with E-state index in [1.54, 1.807) is 18.2 Å². The Balaban J connectivity index is 2.43. The largest absolute Gasteiger partial charge is 0.355 e. The topological polar surface area (TPSA) is 86.8 Å². The molecule has 174 valence electrons. The van der Waals surface area contributed by atoms with Crippen molar-refractivity contribution in [2.24, 2.45) is 0 Å². The Morgan fingerprint density at radius 3 is 2.16 bits per heavy atom. The summed E-state index contributed by atoms with van der Waals surface area (Å²) in [5.41, 5.74) is 3.22. The van der Waals surface area contributed by atoms with Gasteiger partial charge in [-0.1, -0.05) is 48.9 Å². The highest BCUT2D eigenvalue weighted by atomic mass is 32.2. The predicted molar refractivity (Wildman–Crippen MR) is 128 cm³/mol. The number of anilines is 1. The van der Waals surface area contributed by atoms with Crippen LogP contribution in [0.3, 0.4) is 0 Å². The molecule has 2 aromatic carbocycles. The first kappa shape index (κ1) is 25.4. The molecule has 7 nitrogen and oxygen atoms in total. The molecule has 0 fully saturated rings. The Bertz CT molecular complexity index is 1050. The Hall–Kier alpha value is -2.87. The molecule has 0 heterocycles. The summed E-state index contributed by atoms with van der Waals surface area (Å²) in [6.45, 7) is 7.75. The smallest absolute Gasteiger partial charge is 0.244 e. The van der Waals surface area contributed by atoms with E-state index in [4.69, 9.17) is 0 Å². The highest BCUT2D eigenvalue weighted by Gasteiger charge is 2.31. The van der Waals surface area contributed by atoms with E-state index in [0.717, 1.165) is 27.3 Å². The second-order valence-corrected chi connectivity index (χ2v) is 9.84. The molecule has 1 unspecified atom stereocenters. The summed E-state index contributed by atoms with van der Waals surface area (Å²) >= 11 is 0. The normalized spacial score (nSPS) is 12.2. The SMILES string of the molecule is CCNC(=O)C(CC)N(Cc1cccc(C)c1)C(=O)CN(c1cccc(C)c1)S(C)(=O)=O. The van der Waals surface area contributed by atoms with Gasteiger partial charge in [-0.25, -0.2) is 8.42 Å². The van der Waals surface area contributed by atoms with Crippen LogP contribution in [0.15, 0.2) is 48.5 Å². The fourth-order valence-electron chi connectivity index (χ4n) is 3.62. The van der Waals surface area contributed by atoms with Crippen LogP contribution in [0.1, 0.15) is 37.0 Å². The molecule has 1 atom stereocenters. The van der Waals surface area contributed by atoms with E-state index in [0.29, 0.717) is 18.7 Å². The number of hydrogen-bond acceptors (Lipinski definition) is 4. The second kappa shape index (κ2) is 11.1. The first-order chi connectivity index (χ1) is 15.1. The van der Waals surface area contributed by atoms with E-state index in [2.05, 4.69) is 5.32 Å². The van der Waals surface area contributed by atoms with Crippen molar-refractivity contribution in [2.75, 3.05) is 23.7 Å². The lowest BCUT2D eigenvalue weighted by Gasteiger charge is -2.33. The average Bonchev–Trinajstić information content (AvgIpc) is 2.71. The summed E-state index contributed by atoms with van der Waals surface area (Å²) in [6, 6.07) is 14.0. The zero-order chi connectivity index (χ0) is 23.9. The van der Waals surface area contributed by atoms with Crippen LogP contribution in [0.5, 0.6) is 0 Å². The number of likely N-dealkylation sites (N-methyl/N-ethyl adjacent to an activating group) is 1. The maximum Gasteiger partial charge on any atom is 0.244 e. The van der Waals surface area contributed by atoms with Crippen molar-refractivity contribution in [1.29, 1.82) is 0 Å². The van der Waals surface area contributed by atoms with Gasteiger partial charge in [-0.15, -0.1) is 0 Å². The summed E-state index contributed by atoms with van der Waals surface area (Å²) in [5, 5.41) is 2.79. The summed E-state index contributed by atoms with van der Waals surface area (Å²) in [5.74, 6) is -0.686. The maximum atomic E-state index is 13.5. The lowest BCUT2D eigenvalue weighted by Crippen LogP contribution is -2.52. The third-order valence-electron chi connectivity index (χ3n) is 5.14. The Labute approximate surface area is 191 Å². The fraction of sp³-hybridized carbons (Fsp3) is 0.417. The van der Waals surface area contributed by atoms with E-state index < -0.39 is 22.0 Å². The van der Waals surface area contributed by atoms with Gasteiger partial charge in [-0.05, 0) is 50.5 Å². The van der Waals surface area contributed by atoms with Crippen LogP contribution in [0.25, 0.3) is 0 Å². The molecular formula is C24H33N3O4S. The Kier molecular flexibility index (Phi) is 8.83. The molecule has 0 spiro atoms. The summed E-state index contributed by atoms with van der Waals surface area (Å²) in [4.78, 5) is 27.7. The van der Waals surface area contributed by atoms with E-state index >= 15 is 0 Å². The first-order valence-corrected chi connectivity index (χ1v) is 12.6. The van der Waals surface area contributed by atoms with E-state index in [1.807, 2.05) is 58.0 Å². The van der Waals surface area contributed by atoms with Gasteiger partial charge in [0.1, 0.15) is 12.6 Å². The maximum absolute atomic E-state index is 13.5. The fourth-order valence-corrected chi connectivity index (χ4v) is 4.46. The van der Waals surface area contributed by atoms with Gasteiger partial charge in [0.25, 0.3) is 0 Å². The highest BCUT2D eigenvalue weighted by Crippen LogP contribution is 2.21. The molecule has 0 saturated carbocycles. The van der Waals surface area contributed by atoms with Gasteiger partial charge in [0.15, 0.2) is 0 Å². The van der Waals surface area contributed by atoms with Gasteiger partial charge in [0, 0.05) is 13.1 Å². The van der Waals surface area contributed by atoms with Crippen molar-refractivity contribution in [1.82, 2.24) is 10.2 Å². The lowest BCUT2D eigenvalue weighted by molar-refractivity contribution is -0.140. The molecule has 2 rings (SSSR count). The molecule has 0 bridgehead atoms. The van der Waals surface area contributed by atoms with Crippen molar-refractivity contribution in [2.45, 2.75) is 46.7 Å². The number of benzene rings is 2. The molecule has 0 radical (unpaired) electrons. The molecule has 32 heavy (non-hydrogen) atoms. The van der Waals surface area contributed by atoms with E-state index in [1.165, 1.54) is 4.90 Å². The van der Waals surface area contributed by atoms with Crippen LogP contribution in [-0.2, 0) is 26.2 Å². The minimum absolute atomic E-state index is 0.210. The van der Waals surface area contributed by atoms with E-state index in [9.17, 15) is 18.0 Å². The van der Waals surface area contributed by atoms with Crippen molar-refractivity contribution in [3.8, 4) is 0 Å². The van der Waals surface area contributed by atoms with Gasteiger partial charge in [0.05, 0.1) is 11.9 Å². The van der Waals surface area contributed by atoms with E-state index in [-0.39, 0.29) is 19.0 Å². The standard InChI is InChI=1S/C24H33N3O4S/c1-6-22(24(29)25-7-2)26(16-20-12-8-10-18(3)14-20)23(28)17-27(32(5,30)31)21-13-9-11-19(4)15-21/h8-15,22H,6-7,16-17H2,1-5H3,(H,25,29). The number of aryl methyl sites for hydroxylation is 2. The number of rotatable bonds is 10. The monoisotopic (exact) mass is 459 g/mol. The van der Waals surface area contributed by atoms with Gasteiger partial charge in [-0.3, -0.25) is 13.9 Å². The predicted octanol–water partition coefficient (Wildman–Crippen LogP) is 3.01. The van der Waals surface area contributed by atoms with Gasteiger partial charge in [-0.2, -0.15) is 0 Å². The van der Waals surface area contributed by atoms with Crippen LogP contribution < -0.4 is 9.62 Å². The molecule has 2 aromatic rings. The minimum atomic E-state index is -3.72. The zero-order valence-corrected chi connectivity index (χ0v) is 20.3. The number of sulfonamides is 1. The summed E-state index contributed by atoms with van der Waals surface area (Å²) in [7, 11) is -3.72. The van der Waals surface area contributed by atoms with Crippen LogP contribution in [0.4, 0.5) is 5.69 Å². The molecule has 8 heteroatoms. The highest BCUT2D eigenvalue weighted by molar-refractivity contribution is 7.92. The molecule has 0 aromatic heterocycles. The first-order valence-electron chi connectivity index (χ1n) is 10.7. The number of hydrogen-bond donors (Lipinski definition) is 1. The van der Waals surface area contributed by atoms with Crippen LogP contribution in [0, 0.1) is 13.8 Å². The lowest BCUT2D eigenvalue weighted by atomic mass is 10.1. The summed E-state index contributed by atoms with van der Waals surface area (Å²) < 4.78 is 26.2. The number of carbonyl (C=O) groups is 2. The van der Waals surface area contributed by atoms with Gasteiger partial charge < -0.3 is 10.2 Å². The van der Waals surface area contributed by atoms with Crippen molar-refractivity contribution >= 4 is 27.5 Å². The average molecular weight is 460 g/mol. The molecule has 0 aliphatic rings. The quantitative estimate of drug-likeness (QED) is 0.592. The Morgan fingerprint density at radius 2 is 1.62 bits per heavy atom. The molecule has 1 N–H and O–H groups in total. The molecule has 0 aliphatic heterocycles.